The lowest BCUT2D eigenvalue weighted by Gasteiger charge is -2.02. The molecule has 0 aliphatic carbocycles. The molecule has 94 valence electrons. The van der Waals surface area contributed by atoms with E-state index in [-0.39, 0.29) is 5.69 Å². The average Bonchev–Trinajstić information content (AvgIpc) is 2.77. The van der Waals surface area contributed by atoms with Gasteiger partial charge in [-0.3, -0.25) is 10.1 Å². The van der Waals surface area contributed by atoms with Crippen molar-refractivity contribution in [2.24, 2.45) is 5.73 Å². The monoisotopic (exact) mass is 264 g/mol. The van der Waals surface area contributed by atoms with Crippen molar-refractivity contribution < 1.29 is 4.92 Å². The summed E-state index contributed by atoms with van der Waals surface area (Å²) in [4.78, 5) is 10.6. The lowest BCUT2D eigenvalue weighted by atomic mass is 10.1. The average molecular weight is 264 g/mol. The van der Waals surface area contributed by atoms with E-state index in [1.807, 2.05) is 13.0 Å². The summed E-state index contributed by atoms with van der Waals surface area (Å²) in [5, 5.41) is 20.4. The Bertz CT molecular complexity index is 582. The lowest BCUT2D eigenvalue weighted by molar-refractivity contribution is -0.384. The fourth-order valence-corrected chi connectivity index (χ4v) is 2.64. The van der Waals surface area contributed by atoms with Crippen LogP contribution in [0.4, 0.5) is 5.69 Å². The minimum absolute atomic E-state index is 0.0606. The van der Waals surface area contributed by atoms with Gasteiger partial charge in [0.15, 0.2) is 5.01 Å². The molecule has 0 aliphatic rings. The van der Waals surface area contributed by atoms with Gasteiger partial charge in [-0.05, 0) is 19.0 Å². The molecule has 18 heavy (non-hydrogen) atoms. The van der Waals surface area contributed by atoms with E-state index in [9.17, 15) is 10.1 Å². The first kappa shape index (κ1) is 12.6. The van der Waals surface area contributed by atoms with Gasteiger partial charge in [0, 0.05) is 12.5 Å². The third kappa shape index (κ3) is 2.36. The Kier molecular flexibility index (Phi) is 3.63. The number of nitro benzene ring substituents is 1. The summed E-state index contributed by atoms with van der Waals surface area (Å²) >= 11 is 1.35. The maximum absolute atomic E-state index is 11.0. The quantitative estimate of drug-likeness (QED) is 0.672. The SMILES string of the molecule is Cc1cccc([N+](=O)[O-])c1-c1nnc(CCN)s1. The summed E-state index contributed by atoms with van der Waals surface area (Å²) < 4.78 is 0. The highest BCUT2D eigenvalue weighted by Gasteiger charge is 2.20. The summed E-state index contributed by atoms with van der Waals surface area (Å²) in [6, 6.07) is 4.97. The maximum Gasteiger partial charge on any atom is 0.279 e. The lowest BCUT2D eigenvalue weighted by Crippen LogP contribution is -2.01. The molecule has 1 heterocycles. The minimum atomic E-state index is -0.396. The van der Waals surface area contributed by atoms with Crippen LogP contribution in [-0.2, 0) is 6.42 Å². The van der Waals surface area contributed by atoms with Gasteiger partial charge in [0.1, 0.15) is 5.01 Å². The molecule has 6 nitrogen and oxygen atoms in total. The molecule has 1 aromatic heterocycles. The second kappa shape index (κ2) is 5.19. The molecular weight excluding hydrogens is 252 g/mol. The van der Waals surface area contributed by atoms with E-state index in [0.29, 0.717) is 23.5 Å². The van der Waals surface area contributed by atoms with Gasteiger partial charge in [0.2, 0.25) is 0 Å². The first-order chi connectivity index (χ1) is 8.63. The Morgan fingerprint density at radius 2 is 2.22 bits per heavy atom. The van der Waals surface area contributed by atoms with Crippen LogP contribution in [0.15, 0.2) is 18.2 Å². The van der Waals surface area contributed by atoms with Gasteiger partial charge in [-0.2, -0.15) is 0 Å². The number of nitro groups is 1. The van der Waals surface area contributed by atoms with Crippen LogP contribution in [-0.4, -0.2) is 21.7 Å². The second-order valence-corrected chi connectivity index (χ2v) is 4.83. The van der Waals surface area contributed by atoms with Crippen LogP contribution >= 0.6 is 11.3 Å². The highest BCUT2D eigenvalue weighted by Crippen LogP contribution is 2.34. The minimum Gasteiger partial charge on any atom is -0.330 e. The third-order valence-electron chi connectivity index (χ3n) is 2.49. The molecule has 0 saturated heterocycles. The van der Waals surface area contributed by atoms with E-state index < -0.39 is 4.92 Å². The van der Waals surface area contributed by atoms with Gasteiger partial charge in [0.05, 0.1) is 10.5 Å². The van der Waals surface area contributed by atoms with Crippen LogP contribution in [0.25, 0.3) is 10.6 Å². The molecule has 0 spiro atoms. The molecule has 7 heteroatoms. The first-order valence-corrected chi connectivity index (χ1v) is 6.22. The van der Waals surface area contributed by atoms with Crippen molar-refractivity contribution in [3.8, 4) is 10.6 Å². The number of nitrogens with two attached hydrogens (primary N) is 1. The number of aromatic nitrogens is 2. The summed E-state index contributed by atoms with van der Waals surface area (Å²) in [7, 11) is 0. The van der Waals surface area contributed by atoms with Crippen LogP contribution < -0.4 is 5.73 Å². The first-order valence-electron chi connectivity index (χ1n) is 5.40. The molecule has 1 aromatic carbocycles. The molecule has 0 bridgehead atoms. The Labute approximate surface area is 108 Å². The van der Waals surface area contributed by atoms with Gasteiger partial charge in [-0.25, -0.2) is 0 Å². The van der Waals surface area contributed by atoms with Crippen molar-refractivity contribution in [3.63, 3.8) is 0 Å². The number of nitrogens with zero attached hydrogens (tertiary/aromatic N) is 3. The predicted octanol–water partition coefficient (Wildman–Crippen LogP) is 1.92. The van der Waals surface area contributed by atoms with Crippen LogP contribution in [0.3, 0.4) is 0 Å². The second-order valence-electron chi connectivity index (χ2n) is 3.77. The van der Waals surface area contributed by atoms with Crippen molar-refractivity contribution in [2.45, 2.75) is 13.3 Å². The summed E-state index contributed by atoms with van der Waals surface area (Å²) in [6.07, 6.45) is 0.636. The number of benzene rings is 1. The van der Waals surface area contributed by atoms with Crippen molar-refractivity contribution in [1.82, 2.24) is 10.2 Å². The maximum atomic E-state index is 11.0. The standard InChI is InChI=1S/C11H12N4O2S/c1-7-3-2-4-8(15(16)17)10(7)11-14-13-9(18-11)5-6-12/h2-4H,5-6,12H2,1H3. The Hall–Kier alpha value is -1.86. The van der Waals surface area contributed by atoms with Gasteiger partial charge in [-0.1, -0.05) is 23.5 Å². The molecule has 0 radical (unpaired) electrons. The Morgan fingerprint density at radius 3 is 2.89 bits per heavy atom. The highest BCUT2D eigenvalue weighted by molar-refractivity contribution is 7.14. The zero-order valence-corrected chi connectivity index (χ0v) is 10.6. The summed E-state index contributed by atoms with van der Waals surface area (Å²) in [5.41, 5.74) is 6.87. The van der Waals surface area contributed by atoms with Crippen LogP contribution in [0.2, 0.25) is 0 Å². The fraction of sp³-hybridized carbons (Fsp3) is 0.273. The number of hydrogen-bond donors (Lipinski definition) is 1. The van der Waals surface area contributed by atoms with Crippen LogP contribution in [0, 0.1) is 17.0 Å². The van der Waals surface area contributed by atoms with E-state index in [0.717, 1.165) is 10.6 Å². The third-order valence-corrected chi connectivity index (χ3v) is 3.49. The number of rotatable bonds is 4. The number of aryl methyl sites for hydroxylation is 1. The molecule has 0 amide bonds. The largest absolute Gasteiger partial charge is 0.330 e. The van der Waals surface area contributed by atoms with Crippen molar-refractivity contribution in [1.29, 1.82) is 0 Å². The van der Waals surface area contributed by atoms with E-state index >= 15 is 0 Å². The Morgan fingerprint density at radius 1 is 1.44 bits per heavy atom. The highest BCUT2D eigenvalue weighted by atomic mass is 32.1. The number of hydrogen-bond acceptors (Lipinski definition) is 6. The van der Waals surface area contributed by atoms with Crippen LogP contribution in [0.1, 0.15) is 10.6 Å². The normalized spacial score (nSPS) is 10.6. The van der Waals surface area contributed by atoms with Crippen molar-refractivity contribution >= 4 is 17.0 Å². The molecule has 0 atom stereocenters. The van der Waals surface area contributed by atoms with Gasteiger partial charge in [-0.15, -0.1) is 10.2 Å². The van der Waals surface area contributed by atoms with Gasteiger partial charge in [0.25, 0.3) is 5.69 Å². The topological polar surface area (TPSA) is 94.9 Å². The predicted molar refractivity (Wildman–Crippen MR) is 69.5 cm³/mol. The molecule has 0 aliphatic heterocycles. The fourth-order valence-electron chi connectivity index (χ4n) is 1.66. The van der Waals surface area contributed by atoms with E-state index in [4.69, 9.17) is 5.73 Å². The Balaban J connectivity index is 2.51. The van der Waals surface area contributed by atoms with E-state index in [1.165, 1.54) is 17.4 Å². The zero-order valence-electron chi connectivity index (χ0n) is 9.79. The molecule has 2 aromatic rings. The van der Waals surface area contributed by atoms with Crippen LogP contribution in [0.5, 0.6) is 0 Å². The van der Waals surface area contributed by atoms with Gasteiger partial charge >= 0.3 is 0 Å². The molecule has 0 unspecified atom stereocenters. The molecular formula is C11H12N4O2S. The van der Waals surface area contributed by atoms with Crippen molar-refractivity contribution in [3.05, 3.63) is 38.9 Å². The van der Waals surface area contributed by atoms with E-state index in [2.05, 4.69) is 10.2 Å². The zero-order chi connectivity index (χ0) is 13.1. The summed E-state index contributed by atoms with van der Waals surface area (Å²) in [6.45, 7) is 2.32. The molecule has 2 N–H and O–H groups in total. The van der Waals surface area contributed by atoms with Crippen molar-refractivity contribution in [2.75, 3.05) is 6.54 Å². The molecule has 2 rings (SSSR count). The summed E-state index contributed by atoms with van der Waals surface area (Å²) in [5.74, 6) is 0. The smallest absolute Gasteiger partial charge is 0.279 e. The van der Waals surface area contributed by atoms with Gasteiger partial charge < -0.3 is 5.73 Å². The molecule has 0 saturated carbocycles. The van der Waals surface area contributed by atoms with E-state index in [1.54, 1.807) is 6.07 Å². The molecule has 0 fully saturated rings.